The number of nitrogens with one attached hydrogen (secondary N) is 2. The van der Waals surface area contributed by atoms with Crippen LogP contribution in [0, 0.1) is 0 Å². The highest BCUT2D eigenvalue weighted by Gasteiger charge is 2.12. The molecule has 5 nitrogen and oxygen atoms in total. The Balaban J connectivity index is 1.77. The van der Waals surface area contributed by atoms with Gasteiger partial charge in [-0.25, -0.2) is 0 Å². The summed E-state index contributed by atoms with van der Waals surface area (Å²) in [6.45, 7) is 0.613. The Morgan fingerprint density at radius 2 is 1.60 bits per heavy atom. The Kier molecular flexibility index (Phi) is 7.10. The quantitative estimate of drug-likeness (QED) is 0.725. The summed E-state index contributed by atoms with van der Waals surface area (Å²) in [6, 6.07) is 11.9. The highest BCUT2D eigenvalue weighted by atomic mass is 35.5. The van der Waals surface area contributed by atoms with Crippen LogP contribution < -0.4 is 15.4 Å². The maximum absolute atomic E-state index is 12.2. The fraction of sp³-hybridized carbons (Fsp3) is 0.222. The van der Waals surface area contributed by atoms with Crippen molar-refractivity contribution in [2.75, 3.05) is 20.2 Å². The molecule has 25 heavy (non-hydrogen) atoms. The van der Waals surface area contributed by atoms with E-state index in [-0.39, 0.29) is 18.2 Å². The Morgan fingerprint density at radius 1 is 0.960 bits per heavy atom. The predicted molar refractivity (Wildman–Crippen MR) is 98.5 cm³/mol. The van der Waals surface area contributed by atoms with E-state index in [1.54, 1.807) is 36.4 Å². The van der Waals surface area contributed by atoms with Crippen LogP contribution in [-0.4, -0.2) is 32.0 Å². The lowest BCUT2D eigenvalue weighted by molar-refractivity contribution is -0.120. The molecule has 0 bridgehead atoms. The molecule has 0 atom stereocenters. The SMILES string of the molecule is COc1ccc(Cl)cc1C(=O)NCCNC(=O)Cc1ccc(Cl)cc1. The minimum Gasteiger partial charge on any atom is -0.496 e. The summed E-state index contributed by atoms with van der Waals surface area (Å²) in [5.41, 5.74) is 1.22. The average Bonchev–Trinajstić information content (AvgIpc) is 2.60. The summed E-state index contributed by atoms with van der Waals surface area (Å²) >= 11 is 11.7. The molecule has 7 heteroatoms. The molecule has 0 aliphatic carbocycles. The molecule has 0 aliphatic rings. The lowest BCUT2D eigenvalue weighted by Gasteiger charge is -2.10. The van der Waals surface area contributed by atoms with Crippen LogP contribution in [0.4, 0.5) is 0 Å². The van der Waals surface area contributed by atoms with E-state index >= 15 is 0 Å². The number of carbonyl (C=O) groups is 2. The predicted octanol–water partition coefficient (Wildman–Crippen LogP) is 3.09. The molecule has 0 radical (unpaired) electrons. The van der Waals surface area contributed by atoms with Gasteiger partial charge in [-0.15, -0.1) is 0 Å². The van der Waals surface area contributed by atoms with Crippen LogP contribution in [0.15, 0.2) is 42.5 Å². The van der Waals surface area contributed by atoms with Crippen molar-refractivity contribution in [2.45, 2.75) is 6.42 Å². The summed E-state index contributed by atoms with van der Waals surface area (Å²) in [5, 5.41) is 6.54. The first kappa shape index (κ1) is 19.1. The van der Waals surface area contributed by atoms with Gasteiger partial charge < -0.3 is 15.4 Å². The zero-order chi connectivity index (χ0) is 18.2. The second kappa shape index (κ2) is 9.30. The summed E-state index contributed by atoms with van der Waals surface area (Å²) in [4.78, 5) is 24.0. The molecule has 0 saturated carbocycles. The van der Waals surface area contributed by atoms with E-state index < -0.39 is 0 Å². The standard InChI is InChI=1S/C18H18Cl2N2O3/c1-25-16-7-6-14(20)11-15(16)18(24)22-9-8-21-17(23)10-12-2-4-13(19)5-3-12/h2-7,11H,8-10H2,1H3,(H,21,23)(H,22,24). The van der Waals surface area contributed by atoms with E-state index in [0.29, 0.717) is 34.4 Å². The number of hydrogen-bond acceptors (Lipinski definition) is 3. The van der Waals surface area contributed by atoms with Crippen LogP contribution >= 0.6 is 23.2 Å². The molecule has 0 saturated heterocycles. The van der Waals surface area contributed by atoms with E-state index in [2.05, 4.69) is 10.6 Å². The van der Waals surface area contributed by atoms with Gasteiger partial charge in [0, 0.05) is 23.1 Å². The van der Waals surface area contributed by atoms with Gasteiger partial charge in [0.2, 0.25) is 5.91 Å². The van der Waals surface area contributed by atoms with Crippen LogP contribution in [0.2, 0.25) is 10.0 Å². The second-order valence-electron chi connectivity index (χ2n) is 5.25. The van der Waals surface area contributed by atoms with Gasteiger partial charge in [-0.05, 0) is 35.9 Å². The van der Waals surface area contributed by atoms with Crippen molar-refractivity contribution in [1.82, 2.24) is 10.6 Å². The van der Waals surface area contributed by atoms with Crippen molar-refractivity contribution in [2.24, 2.45) is 0 Å². The van der Waals surface area contributed by atoms with Crippen molar-refractivity contribution in [3.63, 3.8) is 0 Å². The van der Waals surface area contributed by atoms with Crippen LogP contribution in [0.25, 0.3) is 0 Å². The number of hydrogen-bond donors (Lipinski definition) is 2. The maximum Gasteiger partial charge on any atom is 0.255 e. The first-order valence-corrected chi connectivity index (χ1v) is 8.38. The molecule has 0 spiro atoms. The number of carbonyl (C=O) groups excluding carboxylic acids is 2. The van der Waals surface area contributed by atoms with E-state index in [0.717, 1.165) is 5.56 Å². The Bertz CT molecular complexity index is 748. The zero-order valence-electron chi connectivity index (χ0n) is 13.6. The summed E-state index contributed by atoms with van der Waals surface area (Å²) in [5.74, 6) is -0.00289. The van der Waals surface area contributed by atoms with Crippen molar-refractivity contribution in [1.29, 1.82) is 0 Å². The minimum absolute atomic E-state index is 0.128. The molecule has 0 fully saturated rings. The van der Waals surface area contributed by atoms with Crippen molar-refractivity contribution >= 4 is 35.0 Å². The number of methoxy groups -OCH3 is 1. The van der Waals surface area contributed by atoms with Gasteiger partial charge in [-0.1, -0.05) is 35.3 Å². The summed E-state index contributed by atoms with van der Waals surface area (Å²) < 4.78 is 5.14. The number of halogens is 2. The minimum atomic E-state index is -0.314. The number of benzene rings is 2. The molecule has 2 aromatic carbocycles. The fourth-order valence-corrected chi connectivity index (χ4v) is 2.48. The van der Waals surface area contributed by atoms with Gasteiger partial charge >= 0.3 is 0 Å². The average molecular weight is 381 g/mol. The smallest absolute Gasteiger partial charge is 0.255 e. The van der Waals surface area contributed by atoms with Gasteiger partial charge in [0.15, 0.2) is 0 Å². The lowest BCUT2D eigenvalue weighted by Crippen LogP contribution is -2.35. The monoisotopic (exact) mass is 380 g/mol. The third-order valence-electron chi connectivity index (χ3n) is 3.42. The molecule has 2 aromatic rings. The normalized spacial score (nSPS) is 10.2. The molecule has 0 aromatic heterocycles. The van der Waals surface area contributed by atoms with E-state index in [1.807, 2.05) is 0 Å². The molecule has 0 heterocycles. The van der Waals surface area contributed by atoms with E-state index in [9.17, 15) is 9.59 Å². The molecule has 0 unspecified atom stereocenters. The second-order valence-corrected chi connectivity index (χ2v) is 6.13. The largest absolute Gasteiger partial charge is 0.496 e. The Hall–Kier alpha value is -2.24. The highest BCUT2D eigenvalue weighted by Crippen LogP contribution is 2.22. The molecule has 132 valence electrons. The van der Waals surface area contributed by atoms with Gasteiger partial charge in [-0.3, -0.25) is 9.59 Å². The number of rotatable bonds is 7. The fourth-order valence-electron chi connectivity index (χ4n) is 2.18. The summed E-state index contributed by atoms with van der Waals surface area (Å²) in [6.07, 6.45) is 0.257. The number of ether oxygens (including phenoxy) is 1. The van der Waals surface area contributed by atoms with Gasteiger partial charge in [-0.2, -0.15) is 0 Å². The van der Waals surface area contributed by atoms with Crippen molar-refractivity contribution < 1.29 is 14.3 Å². The molecule has 2 rings (SSSR count). The number of amides is 2. The third-order valence-corrected chi connectivity index (χ3v) is 3.90. The van der Waals surface area contributed by atoms with E-state index in [1.165, 1.54) is 13.2 Å². The van der Waals surface area contributed by atoms with Crippen molar-refractivity contribution in [3.05, 3.63) is 63.6 Å². The van der Waals surface area contributed by atoms with Crippen LogP contribution in [0.5, 0.6) is 5.75 Å². The molecule has 2 N–H and O–H groups in total. The zero-order valence-corrected chi connectivity index (χ0v) is 15.2. The topological polar surface area (TPSA) is 67.4 Å². The molecule has 2 amide bonds. The van der Waals surface area contributed by atoms with Gasteiger partial charge in [0.25, 0.3) is 5.91 Å². The van der Waals surface area contributed by atoms with Crippen LogP contribution in [-0.2, 0) is 11.2 Å². The van der Waals surface area contributed by atoms with E-state index in [4.69, 9.17) is 27.9 Å². The maximum atomic E-state index is 12.2. The molecular formula is C18H18Cl2N2O3. The Labute approximate surface area is 156 Å². The van der Waals surface area contributed by atoms with Crippen LogP contribution in [0.3, 0.4) is 0 Å². The highest BCUT2D eigenvalue weighted by molar-refractivity contribution is 6.31. The first-order valence-electron chi connectivity index (χ1n) is 7.62. The van der Waals surface area contributed by atoms with Crippen LogP contribution in [0.1, 0.15) is 15.9 Å². The van der Waals surface area contributed by atoms with Gasteiger partial charge in [0.05, 0.1) is 19.1 Å². The first-order chi connectivity index (χ1) is 12.0. The summed E-state index contributed by atoms with van der Waals surface area (Å²) in [7, 11) is 1.48. The Morgan fingerprint density at radius 3 is 2.28 bits per heavy atom. The molecule has 0 aliphatic heterocycles. The van der Waals surface area contributed by atoms with Crippen molar-refractivity contribution in [3.8, 4) is 5.75 Å². The third kappa shape index (κ3) is 5.96. The van der Waals surface area contributed by atoms with Gasteiger partial charge in [0.1, 0.15) is 5.75 Å². The molecular weight excluding hydrogens is 363 g/mol. The lowest BCUT2D eigenvalue weighted by atomic mass is 10.1.